The summed E-state index contributed by atoms with van der Waals surface area (Å²) in [5.74, 6) is -1.36. The third kappa shape index (κ3) is 8.78. The number of nitrogens with one attached hydrogen (secondary N) is 2. The molecular weight excluding hydrogens is 695 g/mol. The van der Waals surface area contributed by atoms with E-state index < -0.39 is 17.9 Å². The van der Waals surface area contributed by atoms with E-state index in [0.29, 0.717) is 53.9 Å². The van der Waals surface area contributed by atoms with Gasteiger partial charge in [-0.15, -0.1) is 0 Å². The van der Waals surface area contributed by atoms with Gasteiger partial charge in [0.25, 0.3) is 11.8 Å². The monoisotopic (exact) mass is 745 g/mol. The SMILES string of the molecule is C=C1CCC(N2C(=O)c3ccc(NCCCCCCCCOCCc4cccc(N5C[C@H]6C[C@@H]5CN6/C=C/C(=O)c5ccccc5O)c4)cc3C2=O)C(=O)N1. The predicted molar refractivity (Wildman–Crippen MR) is 212 cm³/mol. The Morgan fingerprint density at radius 3 is 2.49 bits per heavy atom. The molecule has 4 aliphatic rings. The minimum atomic E-state index is -0.802. The maximum Gasteiger partial charge on any atom is 0.262 e. The van der Waals surface area contributed by atoms with Crippen molar-refractivity contribution in [1.29, 1.82) is 0 Å². The third-order valence-corrected chi connectivity index (χ3v) is 11.2. The van der Waals surface area contributed by atoms with Crippen molar-refractivity contribution >= 4 is 34.9 Å². The van der Waals surface area contributed by atoms with Crippen molar-refractivity contribution in [1.82, 2.24) is 15.1 Å². The van der Waals surface area contributed by atoms with E-state index in [1.54, 1.807) is 36.4 Å². The molecule has 7 rings (SSSR count). The summed E-state index contributed by atoms with van der Waals surface area (Å²) in [6.45, 7) is 7.83. The number of phenols is 1. The highest BCUT2D eigenvalue weighted by Crippen LogP contribution is 2.35. The Kier molecular flexibility index (Phi) is 12.0. The molecule has 3 atom stereocenters. The number of ketones is 1. The van der Waals surface area contributed by atoms with Crippen LogP contribution in [0.25, 0.3) is 0 Å². The Morgan fingerprint density at radius 1 is 0.891 bits per heavy atom. The highest BCUT2D eigenvalue weighted by Gasteiger charge is 2.44. The second-order valence-corrected chi connectivity index (χ2v) is 15.1. The van der Waals surface area contributed by atoms with Gasteiger partial charge in [-0.1, -0.05) is 56.5 Å². The third-order valence-electron chi connectivity index (χ3n) is 11.2. The van der Waals surface area contributed by atoms with Crippen LogP contribution in [0.2, 0.25) is 0 Å². The van der Waals surface area contributed by atoms with Gasteiger partial charge in [0.05, 0.1) is 23.3 Å². The minimum Gasteiger partial charge on any atom is -0.507 e. The topological polar surface area (TPSA) is 132 Å². The number of hydrogen-bond donors (Lipinski definition) is 3. The van der Waals surface area contributed by atoms with Crippen LogP contribution >= 0.6 is 0 Å². The van der Waals surface area contributed by atoms with Gasteiger partial charge >= 0.3 is 0 Å². The number of rotatable bonds is 18. The van der Waals surface area contributed by atoms with E-state index in [4.69, 9.17) is 4.74 Å². The molecule has 0 aromatic heterocycles. The van der Waals surface area contributed by atoms with Crippen molar-refractivity contribution in [2.75, 3.05) is 43.1 Å². The first-order chi connectivity index (χ1) is 26.8. The molecule has 3 fully saturated rings. The van der Waals surface area contributed by atoms with Crippen LogP contribution in [-0.4, -0.2) is 89.4 Å². The number of hydrogen-bond acceptors (Lipinski definition) is 9. The zero-order valence-electron chi connectivity index (χ0n) is 31.4. The molecule has 0 radical (unpaired) electrons. The maximum absolute atomic E-state index is 13.1. The van der Waals surface area contributed by atoms with Crippen LogP contribution in [0.5, 0.6) is 5.75 Å². The van der Waals surface area contributed by atoms with Crippen LogP contribution in [0.3, 0.4) is 0 Å². The van der Waals surface area contributed by atoms with Gasteiger partial charge in [-0.3, -0.25) is 24.1 Å². The van der Waals surface area contributed by atoms with E-state index in [9.17, 15) is 24.3 Å². The highest BCUT2D eigenvalue weighted by atomic mass is 16.5. The lowest BCUT2D eigenvalue weighted by atomic mass is 10.0. The molecule has 4 aliphatic heterocycles. The number of ether oxygens (including phenoxy) is 1. The number of allylic oxidation sites excluding steroid dienone is 2. The molecule has 2 bridgehead atoms. The molecule has 55 heavy (non-hydrogen) atoms. The Morgan fingerprint density at radius 2 is 1.69 bits per heavy atom. The van der Waals surface area contributed by atoms with Gasteiger partial charge in [0.1, 0.15) is 11.8 Å². The molecule has 3 aromatic carbocycles. The van der Waals surface area contributed by atoms with E-state index in [1.165, 1.54) is 17.3 Å². The van der Waals surface area contributed by atoms with Gasteiger partial charge < -0.3 is 30.3 Å². The van der Waals surface area contributed by atoms with Crippen molar-refractivity contribution in [2.45, 2.75) is 82.3 Å². The predicted octanol–water partition coefficient (Wildman–Crippen LogP) is 6.45. The van der Waals surface area contributed by atoms with Crippen LogP contribution in [0.1, 0.15) is 94.4 Å². The smallest absolute Gasteiger partial charge is 0.262 e. The quantitative estimate of drug-likeness (QED) is 0.0582. The standard InChI is InChI=1S/C44H51N5O6/c1-30-15-18-39(42(52)46-30)49-43(53)36-17-16-32(26-38(36)44(49)54)45-21-8-4-2-3-5-9-23-55-24-20-31-11-10-12-33(25-31)48-29-34-27-35(48)28-47(34)22-19-41(51)37-13-6-7-14-40(37)50/h6-7,10-14,16-17,19,22,25-26,34-35,39,45,50H,1-5,8-9,15,18,20-21,23-24,27-29H2,(H,46,52)/b22-19+/t34-,35-,39?/m1/s1. The normalized spacial score (nSPS) is 20.5. The molecule has 4 heterocycles. The Labute approximate surface area is 323 Å². The molecule has 1 unspecified atom stereocenters. The molecule has 3 saturated heterocycles. The maximum atomic E-state index is 13.1. The lowest BCUT2D eigenvalue weighted by Crippen LogP contribution is -2.51. The van der Waals surface area contributed by atoms with Crippen molar-refractivity contribution in [3.63, 3.8) is 0 Å². The molecule has 3 amide bonds. The molecule has 0 saturated carbocycles. The first-order valence-corrected chi connectivity index (χ1v) is 19.7. The Hall–Kier alpha value is -5.42. The van der Waals surface area contributed by atoms with Crippen LogP contribution in [-0.2, 0) is 16.0 Å². The largest absolute Gasteiger partial charge is 0.507 e. The molecule has 3 aromatic rings. The molecule has 0 aliphatic carbocycles. The minimum absolute atomic E-state index is 0.0104. The second kappa shape index (κ2) is 17.4. The summed E-state index contributed by atoms with van der Waals surface area (Å²) in [5.41, 5.74) is 4.95. The van der Waals surface area contributed by atoms with Gasteiger partial charge in [-0.05, 0) is 86.6 Å². The number of anilines is 2. The number of benzene rings is 3. The fraction of sp³-hybridized carbons (Fsp3) is 0.409. The van der Waals surface area contributed by atoms with Crippen LogP contribution < -0.4 is 15.5 Å². The Balaban J connectivity index is 0.733. The van der Waals surface area contributed by atoms with Gasteiger partial charge in [0.2, 0.25) is 5.91 Å². The van der Waals surface area contributed by atoms with E-state index >= 15 is 0 Å². The summed E-state index contributed by atoms with van der Waals surface area (Å²) in [7, 11) is 0. The van der Waals surface area contributed by atoms with Crippen molar-refractivity contribution < 1.29 is 29.0 Å². The lowest BCUT2D eigenvalue weighted by molar-refractivity contribution is -0.125. The zero-order valence-corrected chi connectivity index (χ0v) is 31.4. The number of unbranched alkanes of at least 4 members (excludes halogenated alkanes) is 5. The van der Waals surface area contributed by atoms with Crippen LogP contribution in [0, 0.1) is 0 Å². The molecule has 0 spiro atoms. The summed E-state index contributed by atoms with van der Waals surface area (Å²) in [6, 6.07) is 20.6. The van der Waals surface area contributed by atoms with E-state index in [0.717, 1.165) is 88.2 Å². The van der Waals surface area contributed by atoms with Crippen molar-refractivity contribution in [3.8, 4) is 5.75 Å². The van der Waals surface area contributed by atoms with E-state index in [1.807, 2.05) is 12.3 Å². The number of imide groups is 1. The second-order valence-electron chi connectivity index (χ2n) is 15.1. The van der Waals surface area contributed by atoms with Gasteiger partial charge in [-0.2, -0.15) is 0 Å². The summed E-state index contributed by atoms with van der Waals surface area (Å²) >= 11 is 0. The fourth-order valence-corrected chi connectivity index (χ4v) is 8.24. The summed E-state index contributed by atoms with van der Waals surface area (Å²) in [4.78, 5) is 56.9. The zero-order chi connectivity index (χ0) is 38.3. The number of fused-ring (bicyclic) bond motifs is 3. The number of carbonyl (C=O) groups excluding carboxylic acids is 4. The highest BCUT2D eigenvalue weighted by molar-refractivity contribution is 6.23. The fourth-order valence-electron chi connectivity index (χ4n) is 8.24. The number of aromatic hydroxyl groups is 1. The molecule has 11 nitrogen and oxygen atoms in total. The number of phenolic OH excluding ortho intramolecular Hbond substituents is 1. The molecule has 3 N–H and O–H groups in total. The first kappa shape index (κ1) is 37.9. The van der Waals surface area contributed by atoms with Crippen molar-refractivity contribution in [2.24, 2.45) is 0 Å². The molecule has 11 heteroatoms. The van der Waals surface area contributed by atoms with E-state index in [2.05, 4.69) is 51.3 Å². The van der Waals surface area contributed by atoms with Crippen LogP contribution in [0.4, 0.5) is 11.4 Å². The van der Waals surface area contributed by atoms with Gasteiger partial charge in [0, 0.05) is 67.7 Å². The summed E-state index contributed by atoms with van der Waals surface area (Å²) in [5, 5.41) is 16.0. The lowest BCUT2D eigenvalue weighted by Gasteiger charge is -2.35. The number of carbonyl (C=O) groups is 4. The number of para-hydroxylation sites is 1. The molecule has 288 valence electrons. The van der Waals surface area contributed by atoms with Crippen LogP contribution in [0.15, 0.2) is 91.3 Å². The summed E-state index contributed by atoms with van der Waals surface area (Å²) < 4.78 is 5.99. The van der Waals surface area contributed by atoms with E-state index in [-0.39, 0.29) is 17.4 Å². The van der Waals surface area contributed by atoms with Crippen molar-refractivity contribution in [3.05, 3.63) is 114 Å². The average Bonchev–Trinajstić information content (AvgIpc) is 3.86. The Bertz CT molecular complexity index is 1960. The molecular formula is C44H51N5O6. The first-order valence-electron chi connectivity index (χ1n) is 19.7. The summed E-state index contributed by atoms with van der Waals surface area (Å²) in [6.07, 6.45) is 13.0. The van der Waals surface area contributed by atoms with Gasteiger partial charge in [0.15, 0.2) is 5.78 Å². The van der Waals surface area contributed by atoms with Gasteiger partial charge in [-0.25, -0.2) is 0 Å². The average molecular weight is 746 g/mol. The number of amides is 3. The number of nitrogens with zero attached hydrogens (tertiary/aromatic N) is 3. The number of piperazine rings is 1. The number of likely N-dealkylation sites (tertiary alicyclic amines) is 1. The number of piperidine rings is 1.